The number of thiophene rings is 1. The molecule has 0 aliphatic heterocycles. The van der Waals surface area contributed by atoms with Crippen molar-refractivity contribution in [3.63, 3.8) is 0 Å². The molecule has 1 aromatic rings. The van der Waals surface area contributed by atoms with E-state index < -0.39 is 0 Å². The molecule has 0 atom stereocenters. The van der Waals surface area contributed by atoms with Crippen LogP contribution in [0.3, 0.4) is 0 Å². The number of hydrogen-bond donors (Lipinski definition) is 0. The Balaban J connectivity index is 3.26. The fraction of sp³-hybridized carbons (Fsp3) is 0.400. The Labute approximate surface area is 82.0 Å². The molecule has 1 aromatic heterocycles. The van der Waals surface area contributed by atoms with Crippen LogP contribution in [0.5, 0.6) is 0 Å². The van der Waals surface area contributed by atoms with Gasteiger partial charge in [-0.1, -0.05) is 20.8 Å². The van der Waals surface area contributed by atoms with Crippen molar-refractivity contribution >= 4 is 11.3 Å². The van der Waals surface area contributed by atoms with Crippen molar-refractivity contribution in [2.75, 3.05) is 0 Å². The monoisotopic (exact) mass is 190 g/mol. The van der Waals surface area contributed by atoms with Gasteiger partial charge in [0.1, 0.15) is 17.0 Å². The van der Waals surface area contributed by atoms with E-state index in [1.54, 1.807) is 0 Å². The van der Waals surface area contributed by atoms with Crippen molar-refractivity contribution in [2.24, 2.45) is 0 Å². The Bertz CT molecular complexity index is 365. The molecule has 13 heavy (non-hydrogen) atoms. The molecule has 0 saturated heterocycles. The van der Waals surface area contributed by atoms with Crippen LogP contribution in [-0.4, -0.2) is 0 Å². The highest BCUT2D eigenvalue weighted by atomic mass is 32.1. The molecule has 2 nitrogen and oxygen atoms in total. The summed E-state index contributed by atoms with van der Waals surface area (Å²) >= 11 is 1.41. The van der Waals surface area contributed by atoms with E-state index in [0.29, 0.717) is 10.4 Å². The fourth-order valence-electron chi connectivity index (χ4n) is 0.927. The summed E-state index contributed by atoms with van der Waals surface area (Å²) in [5.74, 6) is 0. The van der Waals surface area contributed by atoms with Gasteiger partial charge in [-0.2, -0.15) is 10.5 Å². The summed E-state index contributed by atoms with van der Waals surface area (Å²) in [5, 5.41) is 17.5. The summed E-state index contributed by atoms with van der Waals surface area (Å²) in [5.41, 5.74) is 0.517. The zero-order chi connectivity index (χ0) is 10.1. The highest BCUT2D eigenvalue weighted by Gasteiger charge is 2.19. The van der Waals surface area contributed by atoms with Crippen LogP contribution in [0.1, 0.15) is 36.1 Å². The van der Waals surface area contributed by atoms with E-state index in [1.165, 1.54) is 11.3 Å². The quantitative estimate of drug-likeness (QED) is 0.631. The normalized spacial score (nSPS) is 10.5. The van der Waals surface area contributed by atoms with Gasteiger partial charge in [-0.15, -0.1) is 11.3 Å². The van der Waals surface area contributed by atoms with Gasteiger partial charge in [-0.05, 0) is 11.5 Å². The largest absolute Gasteiger partial charge is 0.192 e. The Morgan fingerprint density at radius 2 is 1.85 bits per heavy atom. The standard InChI is InChI=1S/C10H10N2S/c1-10(2,3)9-4-7(5-11)8(6-12)13-9/h4H,1-3H3. The average Bonchev–Trinajstić information content (AvgIpc) is 2.45. The van der Waals surface area contributed by atoms with Crippen LogP contribution in [0.25, 0.3) is 0 Å². The van der Waals surface area contributed by atoms with Crippen LogP contribution >= 0.6 is 11.3 Å². The van der Waals surface area contributed by atoms with Crippen molar-refractivity contribution in [2.45, 2.75) is 26.2 Å². The molecule has 0 aliphatic carbocycles. The van der Waals surface area contributed by atoms with Gasteiger partial charge in [-0.25, -0.2) is 0 Å². The van der Waals surface area contributed by atoms with Crippen molar-refractivity contribution < 1.29 is 0 Å². The molecule has 3 heteroatoms. The number of rotatable bonds is 0. The van der Waals surface area contributed by atoms with Crippen LogP contribution in [0, 0.1) is 22.7 Å². The van der Waals surface area contributed by atoms with E-state index in [1.807, 2.05) is 18.2 Å². The van der Waals surface area contributed by atoms with Crippen molar-refractivity contribution in [3.05, 3.63) is 21.4 Å². The molecule has 0 saturated carbocycles. The van der Waals surface area contributed by atoms with E-state index in [0.717, 1.165) is 4.88 Å². The van der Waals surface area contributed by atoms with Crippen LogP contribution in [-0.2, 0) is 5.41 Å². The van der Waals surface area contributed by atoms with Gasteiger partial charge in [0.25, 0.3) is 0 Å². The fourth-order valence-corrected chi connectivity index (χ4v) is 1.89. The molecule has 0 fully saturated rings. The topological polar surface area (TPSA) is 47.6 Å². The average molecular weight is 190 g/mol. The Morgan fingerprint density at radius 1 is 1.23 bits per heavy atom. The first-order valence-corrected chi connectivity index (χ1v) is 4.75. The van der Waals surface area contributed by atoms with Gasteiger partial charge in [0, 0.05) is 4.88 Å². The maximum atomic E-state index is 8.74. The molecule has 0 spiro atoms. The van der Waals surface area contributed by atoms with Crippen molar-refractivity contribution in [1.29, 1.82) is 10.5 Å². The first-order valence-electron chi connectivity index (χ1n) is 3.93. The maximum Gasteiger partial charge on any atom is 0.122 e. The molecule has 66 valence electrons. The number of nitrogens with zero attached hydrogens (tertiary/aromatic N) is 2. The van der Waals surface area contributed by atoms with Gasteiger partial charge in [0.05, 0.1) is 5.56 Å². The Kier molecular flexibility index (Phi) is 2.40. The molecular weight excluding hydrogens is 180 g/mol. The van der Waals surface area contributed by atoms with Gasteiger partial charge in [0.15, 0.2) is 0 Å². The summed E-state index contributed by atoms with van der Waals surface area (Å²) in [6.07, 6.45) is 0. The minimum absolute atomic E-state index is 0.0192. The summed E-state index contributed by atoms with van der Waals surface area (Å²) in [7, 11) is 0. The predicted molar refractivity (Wildman–Crippen MR) is 52.4 cm³/mol. The molecule has 0 radical (unpaired) electrons. The SMILES string of the molecule is CC(C)(C)c1cc(C#N)c(C#N)s1. The maximum absolute atomic E-state index is 8.74. The lowest BCUT2D eigenvalue weighted by molar-refractivity contribution is 0.604. The first kappa shape index (κ1) is 9.77. The molecule has 0 N–H and O–H groups in total. The van der Waals surface area contributed by atoms with Crippen LogP contribution in [0.4, 0.5) is 0 Å². The predicted octanol–water partition coefficient (Wildman–Crippen LogP) is 2.79. The third-order valence-electron chi connectivity index (χ3n) is 1.69. The molecule has 1 rings (SSSR count). The Morgan fingerprint density at radius 3 is 2.15 bits per heavy atom. The highest BCUT2D eigenvalue weighted by Crippen LogP contribution is 2.31. The summed E-state index contributed by atoms with van der Waals surface area (Å²) in [4.78, 5) is 1.60. The first-order chi connectivity index (χ1) is 5.99. The molecular formula is C10H10N2S. The van der Waals surface area contributed by atoms with Crippen molar-refractivity contribution in [1.82, 2.24) is 0 Å². The van der Waals surface area contributed by atoms with Gasteiger partial charge >= 0.3 is 0 Å². The second-order valence-electron chi connectivity index (χ2n) is 3.83. The molecule has 0 amide bonds. The summed E-state index contributed by atoms with van der Waals surface area (Å²) in [6.45, 7) is 6.21. The smallest absolute Gasteiger partial charge is 0.122 e. The van der Waals surface area contributed by atoms with E-state index in [4.69, 9.17) is 10.5 Å². The van der Waals surface area contributed by atoms with Crippen LogP contribution < -0.4 is 0 Å². The lowest BCUT2D eigenvalue weighted by atomic mass is 9.94. The van der Waals surface area contributed by atoms with E-state index in [2.05, 4.69) is 20.8 Å². The third-order valence-corrected chi connectivity index (χ3v) is 3.16. The molecule has 0 bridgehead atoms. The second-order valence-corrected chi connectivity index (χ2v) is 4.88. The van der Waals surface area contributed by atoms with E-state index >= 15 is 0 Å². The van der Waals surface area contributed by atoms with Crippen LogP contribution in [0.15, 0.2) is 6.07 Å². The highest BCUT2D eigenvalue weighted by molar-refractivity contribution is 7.12. The van der Waals surface area contributed by atoms with E-state index in [-0.39, 0.29) is 5.41 Å². The van der Waals surface area contributed by atoms with Gasteiger partial charge in [-0.3, -0.25) is 0 Å². The lowest BCUT2D eigenvalue weighted by Gasteiger charge is -2.14. The number of hydrogen-bond acceptors (Lipinski definition) is 3. The van der Waals surface area contributed by atoms with Gasteiger partial charge in [0.2, 0.25) is 0 Å². The van der Waals surface area contributed by atoms with E-state index in [9.17, 15) is 0 Å². The number of nitriles is 2. The van der Waals surface area contributed by atoms with Crippen molar-refractivity contribution in [3.8, 4) is 12.1 Å². The minimum Gasteiger partial charge on any atom is -0.192 e. The lowest BCUT2D eigenvalue weighted by Crippen LogP contribution is -2.07. The molecule has 1 heterocycles. The molecule has 0 unspecified atom stereocenters. The zero-order valence-electron chi connectivity index (χ0n) is 7.88. The summed E-state index contributed by atoms with van der Waals surface area (Å²) in [6, 6.07) is 5.87. The second kappa shape index (κ2) is 3.20. The molecule has 0 aromatic carbocycles. The summed E-state index contributed by atoms with van der Waals surface area (Å²) < 4.78 is 0. The van der Waals surface area contributed by atoms with Crippen LogP contribution in [0.2, 0.25) is 0 Å². The zero-order valence-corrected chi connectivity index (χ0v) is 8.70. The molecule has 0 aliphatic rings. The third kappa shape index (κ3) is 1.88. The van der Waals surface area contributed by atoms with Gasteiger partial charge < -0.3 is 0 Å². The Hall–Kier alpha value is -1.32. The minimum atomic E-state index is 0.0192.